The van der Waals surface area contributed by atoms with Gasteiger partial charge in [-0.05, 0) is 12.8 Å². The van der Waals surface area contributed by atoms with Gasteiger partial charge in [-0.1, -0.05) is 32.6 Å². The molecule has 1 rings (SSSR count). The summed E-state index contributed by atoms with van der Waals surface area (Å²) < 4.78 is 29.5. The first-order valence-electron chi connectivity index (χ1n) is 6.52. The Morgan fingerprint density at radius 3 is 2.56 bits per heavy atom. The zero-order chi connectivity index (χ0) is 13.4. The van der Waals surface area contributed by atoms with Crippen LogP contribution in [0, 0.1) is 0 Å². The fraction of sp³-hybridized carbons (Fsp3) is 0.750. The van der Waals surface area contributed by atoms with Gasteiger partial charge in [0.1, 0.15) is 12.4 Å². The van der Waals surface area contributed by atoms with E-state index < -0.39 is 7.91 Å². The molecule has 0 amide bonds. The molecule has 0 radical (unpaired) electrons. The maximum Gasteiger partial charge on any atom is 0.534 e. The summed E-state index contributed by atoms with van der Waals surface area (Å²) in [6.45, 7) is 3.00. The molecule has 0 saturated heterocycles. The molecule has 1 aromatic rings. The molecule has 6 heteroatoms. The van der Waals surface area contributed by atoms with E-state index in [4.69, 9.17) is 4.52 Å². The maximum atomic E-state index is 10.6. The lowest BCUT2D eigenvalue weighted by molar-refractivity contribution is -0.699. The lowest BCUT2D eigenvalue weighted by Gasteiger charge is -2.00. The second kappa shape index (κ2) is 8.09. The molecule has 0 saturated carbocycles. The van der Waals surface area contributed by atoms with Crippen molar-refractivity contribution >= 4 is 7.91 Å². The summed E-state index contributed by atoms with van der Waals surface area (Å²) in [5.41, 5.74) is 0. The van der Waals surface area contributed by atoms with Crippen LogP contribution in [-0.4, -0.2) is 4.57 Å². The number of hydrogen-bond acceptors (Lipinski definition) is 3. The van der Waals surface area contributed by atoms with Crippen LogP contribution in [0.15, 0.2) is 12.4 Å². The van der Waals surface area contributed by atoms with Crippen molar-refractivity contribution in [3.63, 3.8) is 0 Å². The zero-order valence-corrected chi connectivity index (χ0v) is 12.1. The van der Waals surface area contributed by atoms with Gasteiger partial charge >= 0.3 is 13.9 Å². The van der Waals surface area contributed by atoms with Gasteiger partial charge in [0.05, 0.1) is 13.6 Å². The van der Waals surface area contributed by atoms with Gasteiger partial charge in [-0.3, -0.25) is 0 Å². The Morgan fingerprint density at radius 1 is 1.22 bits per heavy atom. The summed E-state index contributed by atoms with van der Waals surface area (Å²) in [6.07, 6.45) is 10.9. The fourth-order valence-electron chi connectivity index (χ4n) is 1.93. The number of unbranched alkanes of at least 4 members (excludes halogenated alkanes) is 5. The van der Waals surface area contributed by atoms with E-state index in [1.807, 2.05) is 10.8 Å². The first-order chi connectivity index (χ1) is 8.65. The van der Waals surface area contributed by atoms with Gasteiger partial charge in [-0.15, -0.1) is 0 Å². The summed E-state index contributed by atoms with van der Waals surface area (Å²) in [4.78, 5) is 0. The van der Waals surface area contributed by atoms with Gasteiger partial charge in [-0.2, -0.15) is 18.3 Å². The van der Waals surface area contributed by atoms with Gasteiger partial charge < -0.3 is 4.52 Å². The fourth-order valence-corrected chi connectivity index (χ4v) is 2.29. The van der Waals surface area contributed by atoms with E-state index in [2.05, 4.69) is 6.92 Å². The third kappa shape index (κ3) is 5.05. The summed E-state index contributed by atoms with van der Waals surface area (Å²) in [5.74, 6) is 0. The third-order valence-electron chi connectivity index (χ3n) is 2.93. The topological polar surface area (TPSA) is 52.2 Å². The van der Waals surface area contributed by atoms with Crippen LogP contribution in [0.25, 0.3) is 0 Å². The Morgan fingerprint density at radius 2 is 1.89 bits per heavy atom. The molecule has 0 fully saturated rings. The van der Waals surface area contributed by atoms with Crippen molar-refractivity contribution in [3.8, 4) is 6.01 Å². The second-order valence-electron chi connectivity index (χ2n) is 4.47. The van der Waals surface area contributed by atoms with Crippen LogP contribution >= 0.6 is 7.91 Å². The molecule has 0 atom stereocenters. The quantitative estimate of drug-likeness (QED) is 0.394. The van der Waals surface area contributed by atoms with E-state index in [0.717, 1.165) is 13.0 Å². The number of imidazole rings is 1. The molecule has 1 heterocycles. The summed E-state index contributed by atoms with van der Waals surface area (Å²) in [5, 5.41) is 0. The molecule has 0 spiro atoms. The molecule has 102 valence electrons. The first-order valence-corrected chi connectivity index (χ1v) is 7.61. The minimum atomic E-state index is -2.85. The highest BCUT2D eigenvalue weighted by Crippen LogP contribution is 2.13. The van der Waals surface area contributed by atoms with E-state index in [1.54, 1.807) is 17.8 Å². The van der Waals surface area contributed by atoms with Crippen molar-refractivity contribution in [2.45, 2.75) is 52.0 Å². The SMILES string of the molecule is CCCCCCCC[n+]1ccn(C)c1OP(=O)=O. The Labute approximate surface area is 109 Å². The highest BCUT2D eigenvalue weighted by atomic mass is 31.1. The van der Waals surface area contributed by atoms with Crippen molar-refractivity contribution in [1.82, 2.24) is 4.57 Å². The smallest absolute Gasteiger partial charge is 0.315 e. The largest absolute Gasteiger partial charge is 0.534 e. The lowest BCUT2D eigenvalue weighted by Crippen LogP contribution is -2.33. The maximum absolute atomic E-state index is 10.6. The molecular weight excluding hydrogens is 251 g/mol. The molecule has 18 heavy (non-hydrogen) atoms. The van der Waals surface area contributed by atoms with Crippen LogP contribution in [0.4, 0.5) is 0 Å². The minimum absolute atomic E-state index is 0.375. The van der Waals surface area contributed by atoms with Crippen molar-refractivity contribution in [1.29, 1.82) is 0 Å². The summed E-state index contributed by atoms with van der Waals surface area (Å²) in [7, 11) is -1.08. The summed E-state index contributed by atoms with van der Waals surface area (Å²) >= 11 is 0. The van der Waals surface area contributed by atoms with Crippen LogP contribution in [0.2, 0.25) is 0 Å². The Bertz CT molecular complexity index is 419. The highest BCUT2D eigenvalue weighted by Gasteiger charge is 2.17. The van der Waals surface area contributed by atoms with Crippen LogP contribution in [-0.2, 0) is 22.7 Å². The molecule has 0 aliphatic carbocycles. The highest BCUT2D eigenvalue weighted by molar-refractivity contribution is 7.25. The standard InChI is InChI=1S/C12H22N2O3P/c1-3-4-5-6-7-8-9-14-11-10-13(2)12(14)17-18(15)16/h10-11H,3-9H2,1-2H3/q+1. The first kappa shape index (κ1) is 15.0. The van der Waals surface area contributed by atoms with E-state index in [9.17, 15) is 9.13 Å². The Kier molecular flexibility index (Phi) is 6.73. The molecule has 1 aromatic heterocycles. The van der Waals surface area contributed by atoms with Crippen LogP contribution in [0.5, 0.6) is 6.01 Å². The van der Waals surface area contributed by atoms with Crippen LogP contribution in [0.3, 0.4) is 0 Å². The number of rotatable bonds is 9. The number of nitrogens with zero attached hydrogens (tertiary/aromatic N) is 2. The Hall–Kier alpha value is -1.09. The average molecular weight is 273 g/mol. The third-order valence-corrected chi connectivity index (χ3v) is 3.24. The van der Waals surface area contributed by atoms with Crippen LogP contribution in [0.1, 0.15) is 45.4 Å². The normalized spacial score (nSPS) is 10.6. The monoisotopic (exact) mass is 273 g/mol. The molecule has 0 unspecified atom stereocenters. The van der Waals surface area contributed by atoms with Gasteiger partial charge in [-0.25, -0.2) is 0 Å². The molecule has 0 aliphatic heterocycles. The van der Waals surface area contributed by atoms with Gasteiger partial charge in [0.25, 0.3) is 0 Å². The van der Waals surface area contributed by atoms with Crippen molar-refractivity contribution in [2.75, 3.05) is 0 Å². The molecule has 0 N–H and O–H groups in total. The van der Waals surface area contributed by atoms with Crippen molar-refractivity contribution in [2.24, 2.45) is 7.05 Å². The molecular formula is C12H22N2O3P+. The average Bonchev–Trinajstić information content (AvgIpc) is 2.65. The minimum Gasteiger partial charge on any atom is -0.315 e. The Balaban J connectivity index is 2.37. The summed E-state index contributed by atoms with van der Waals surface area (Å²) in [6, 6.07) is 0.375. The van der Waals surface area contributed by atoms with E-state index >= 15 is 0 Å². The predicted molar refractivity (Wildman–Crippen MR) is 67.9 cm³/mol. The van der Waals surface area contributed by atoms with E-state index in [0.29, 0.717) is 6.01 Å². The predicted octanol–water partition coefficient (Wildman–Crippen LogP) is 3.14. The van der Waals surface area contributed by atoms with Crippen LogP contribution < -0.4 is 9.09 Å². The molecule has 0 aromatic carbocycles. The number of aromatic nitrogens is 2. The van der Waals surface area contributed by atoms with Gasteiger partial charge in [0.15, 0.2) is 0 Å². The molecule has 0 bridgehead atoms. The van der Waals surface area contributed by atoms with Gasteiger partial charge in [0, 0.05) is 0 Å². The lowest BCUT2D eigenvalue weighted by atomic mass is 10.1. The molecule has 0 aliphatic rings. The van der Waals surface area contributed by atoms with Crippen molar-refractivity contribution < 1.29 is 18.2 Å². The number of hydrogen-bond donors (Lipinski definition) is 0. The zero-order valence-electron chi connectivity index (χ0n) is 11.2. The second-order valence-corrected chi connectivity index (χ2v) is 5.10. The van der Waals surface area contributed by atoms with Gasteiger partial charge in [0.2, 0.25) is 0 Å². The van der Waals surface area contributed by atoms with E-state index in [1.165, 1.54) is 32.1 Å². The van der Waals surface area contributed by atoms with Crippen molar-refractivity contribution in [3.05, 3.63) is 12.4 Å². The number of aryl methyl sites for hydroxylation is 2. The molecule has 5 nitrogen and oxygen atoms in total. The van der Waals surface area contributed by atoms with E-state index in [-0.39, 0.29) is 0 Å².